The highest BCUT2D eigenvalue weighted by Crippen LogP contribution is 2.36. The molecule has 0 saturated heterocycles. The lowest BCUT2D eigenvalue weighted by atomic mass is 10.2. The third-order valence-corrected chi connectivity index (χ3v) is 3.66. The van der Waals surface area contributed by atoms with E-state index >= 15 is 0 Å². The molecule has 0 amide bonds. The number of aromatic nitrogens is 1. The fourth-order valence-corrected chi connectivity index (χ4v) is 2.76. The molecule has 112 valence electrons. The minimum atomic E-state index is 0.710. The molecule has 4 nitrogen and oxygen atoms in total. The number of methoxy groups -OCH3 is 2. The lowest BCUT2D eigenvalue weighted by Gasteiger charge is -2.12. The Kier molecular flexibility index (Phi) is 5.59. The van der Waals surface area contributed by atoms with Gasteiger partial charge in [0.15, 0.2) is 11.5 Å². The van der Waals surface area contributed by atoms with Gasteiger partial charge in [-0.2, -0.15) is 0 Å². The van der Waals surface area contributed by atoms with Gasteiger partial charge in [0.05, 0.1) is 24.4 Å². The van der Waals surface area contributed by atoms with Gasteiger partial charge in [0, 0.05) is 18.8 Å². The first kappa shape index (κ1) is 15.8. The molecule has 1 aromatic carbocycles. The largest absolute Gasteiger partial charge is 0.493 e. The Bertz CT molecular complexity index is 617. The Hall–Kier alpha value is -1.59. The van der Waals surface area contributed by atoms with Crippen LogP contribution in [0.25, 0.3) is 0 Å². The van der Waals surface area contributed by atoms with Crippen LogP contribution in [0.5, 0.6) is 11.5 Å². The Labute approximate surface area is 133 Å². The van der Waals surface area contributed by atoms with E-state index in [-0.39, 0.29) is 0 Å². The normalized spacial score (nSPS) is 10.5. The van der Waals surface area contributed by atoms with Crippen molar-refractivity contribution >= 4 is 15.9 Å². The number of hydrogen-bond acceptors (Lipinski definition) is 4. The number of rotatable bonds is 6. The highest BCUT2D eigenvalue weighted by molar-refractivity contribution is 9.10. The predicted octanol–water partition coefficient (Wildman–Crippen LogP) is 3.46. The molecule has 0 saturated carbocycles. The van der Waals surface area contributed by atoms with E-state index in [2.05, 4.69) is 26.2 Å². The van der Waals surface area contributed by atoms with Gasteiger partial charge in [-0.15, -0.1) is 0 Å². The Balaban J connectivity index is 2.02. The first-order valence-electron chi connectivity index (χ1n) is 6.67. The number of ether oxygens (including phenoxy) is 2. The summed E-state index contributed by atoms with van der Waals surface area (Å²) in [6.07, 6.45) is 0. The molecule has 2 rings (SSSR count). The zero-order chi connectivity index (χ0) is 15.2. The van der Waals surface area contributed by atoms with Crippen molar-refractivity contribution in [2.24, 2.45) is 0 Å². The molecule has 5 heteroatoms. The summed E-state index contributed by atoms with van der Waals surface area (Å²) in [5.41, 5.74) is 3.19. The molecule has 1 heterocycles. The molecule has 0 aliphatic carbocycles. The summed E-state index contributed by atoms with van der Waals surface area (Å²) in [7, 11) is 3.27. The van der Waals surface area contributed by atoms with E-state index in [9.17, 15) is 0 Å². The second-order valence-electron chi connectivity index (χ2n) is 4.69. The number of hydrogen-bond donors (Lipinski definition) is 1. The minimum Gasteiger partial charge on any atom is -0.493 e. The number of pyridine rings is 1. The van der Waals surface area contributed by atoms with Crippen LogP contribution in [-0.4, -0.2) is 19.2 Å². The molecule has 0 unspecified atom stereocenters. The van der Waals surface area contributed by atoms with Crippen molar-refractivity contribution in [3.8, 4) is 11.5 Å². The molecule has 0 atom stereocenters. The Morgan fingerprint density at radius 1 is 1.14 bits per heavy atom. The first-order valence-corrected chi connectivity index (χ1v) is 7.47. The molecule has 1 N–H and O–H groups in total. The maximum absolute atomic E-state index is 5.34. The van der Waals surface area contributed by atoms with Crippen LogP contribution in [0.2, 0.25) is 0 Å². The molecule has 2 aromatic rings. The maximum Gasteiger partial charge on any atom is 0.174 e. The molecule has 0 bridgehead atoms. The predicted molar refractivity (Wildman–Crippen MR) is 86.8 cm³/mol. The number of halogens is 1. The van der Waals surface area contributed by atoms with E-state index in [1.165, 1.54) is 0 Å². The minimum absolute atomic E-state index is 0.710. The zero-order valence-corrected chi connectivity index (χ0v) is 14.0. The second kappa shape index (κ2) is 7.43. The van der Waals surface area contributed by atoms with Crippen LogP contribution in [0, 0.1) is 6.92 Å². The number of benzene rings is 1. The van der Waals surface area contributed by atoms with Gasteiger partial charge in [0.1, 0.15) is 0 Å². The van der Waals surface area contributed by atoms with Crippen molar-refractivity contribution in [1.82, 2.24) is 10.3 Å². The van der Waals surface area contributed by atoms with Crippen LogP contribution in [-0.2, 0) is 13.1 Å². The van der Waals surface area contributed by atoms with E-state index in [4.69, 9.17) is 9.47 Å². The van der Waals surface area contributed by atoms with Crippen LogP contribution in [0.4, 0.5) is 0 Å². The van der Waals surface area contributed by atoms with Crippen LogP contribution >= 0.6 is 15.9 Å². The SMILES string of the molecule is COc1cc(CNCc2cccc(C)n2)cc(Br)c1OC. The molecular formula is C16H19BrN2O2. The van der Waals surface area contributed by atoms with Gasteiger partial charge in [-0.3, -0.25) is 4.98 Å². The lowest BCUT2D eigenvalue weighted by Crippen LogP contribution is -2.14. The van der Waals surface area contributed by atoms with Crippen molar-refractivity contribution < 1.29 is 9.47 Å². The zero-order valence-electron chi connectivity index (χ0n) is 12.4. The van der Waals surface area contributed by atoms with E-state index in [0.717, 1.165) is 40.3 Å². The molecular weight excluding hydrogens is 332 g/mol. The third-order valence-electron chi connectivity index (χ3n) is 3.07. The van der Waals surface area contributed by atoms with Crippen molar-refractivity contribution in [3.63, 3.8) is 0 Å². The molecule has 0 aliphatic heterocycles. The Morgan fingerprint density at radius 2 is 1.95 bits per heavy atom. The smallest absolute Gasteiger partial charge is 0.174 e. The summed E-state index contributed by atoms with van der Waals surface area (Å²) in [5, 5.41) is 3.38. The summed E-state index contributed by atoms with van der Waals surface area (Å²) >= 11 is 3.50. The van der Waals surface area contributed by atoms with Gasteiger partial charge in [-0.25, -0.2) is 0 Å². The molecule has 1 aromatic heterocycles. The Morgan fingerprint density at radius 3 is 2.62 bits per heavy atom. The van der Waals surface area contributed by atoms with Crippen LogP contribution in [0.1, 0.15) is 17.0 Å². The quantitative estimate of drug-likeness (QED) is 0.866. The fraction of sp³-hybridized carbons (Fsp3) is 0.312. The van der Waals surface area contributed by atoms with E-state index in [1.807, 2.05) is 37.3 Å². The summed E-state index contributed by atoms with van der Waals surface area (Å²) in [6.45, 7) is 3.46. The number of aryl methyl sites for hydroxylation is 1. The van der Waals surface area contributed by atoms with Crippen LogP contribution < -0.4 is 14.8 Å². The molecule has 0 fully saturated rings. The lowest BCUT2D eigenvalue weighted by molar-refractivity contribution is 0.352. The highest BCUT2D eigenvalue weighted by Gasteiger charge is 2.10. The van der Waals surface area contributed by atoms with Crippen molar-refractivity contribution in [1.29, 1.82) is 0 Å². The van der Waals surface area contributed by atoms with Crippen LogP contribution in [0.15, 0.2) is 34.8 Å². The van der Waals surface area contributed by atoms with Gasteiger partial charge < -0.3 is 14.8 Å². The molecule has 21 heavy (non-hydrogen) atoms. The summed E-state index contributed by atoms with van der Waals surface area (Å²) < 4.78 is 11.5. The summed E-state index contributed by atoms with van der Waals surface area (Å²) in [6, 6.07) is 10.0. The molecule has 0 aliphatic rings. The average Bonchev–Trinajstić information content (AvgIpc) is 2.46. The van der Waals surface area contributed by atoms with E-state index in [0.29, 0.717) is 5.75 Å². The maximum atomic E-state index is 5.34. The van der Waals surface area contributed by atoms with Crippen LogP contribution in [0.3, 0.4) is 0 Å². The summed E-state index contributed by atoms with van der Waals surface area (Å²) in [5.74, 6) is 1.43. The summed E-state index contributed by atoms with van der Waals surface area (Å²) in [4.78, 5) is 4.47. The highest BCUT2D eigenvalue weighted by atomic mass is 79.9. The molecule has 0 radical (unpaired) electrons. The van der Waals surface area contributed by atoms with E-state index < -0.39 is 0 Å². The van der Waals surface area contributed by atoms with Crippen molar-refractivity contribution in [2.45, 2.75) is 20.0 Å². The van der Waals surface area contributed by atoms with Crippen molar-refractivity contribution in [3.05, 3.63) is 51.8 Å². The van der Waals surface area contributed by atoms with Gasteiger partial charge in [0.25, 0.3) is 0 Å². The van der Waals surface area contributed by atoms with Gasteiger partial charge in [-0.05, 0) is 52.7 Å². The van der Waals surface area contributed by atoms with E-state index in [1.54, 1.807) is 14.2 Å². The fourth-order valence-electron chi connectivity index (χ4n) is 2.11. The average molecular weight is 351 g/mol. The number of nitrogens with zero attached hydrogens (tertiary/aromatic N) is 1. The van der Waals surface area contributed by atoms with Gasteiger partial charge in [-0.1, -0.05) is 6.07 Å². The second-order valence-corrected chi connectivity index (χ2v) is 5.54. The number of nitrogens with one attached hydrogen (secondary N) is 1. The third kappa shape index (κ3) is 4.19. The first-order chi connectivity index (χ1) is 10.1. The monoisotopic (exact) mass is 350 g/mol. The van der Waals surface area contributed by atoms with Crippen molar-refractivity contribution in [2.75, 3.05) is 14.2 Å². The topological polar surface area (TPSA) is 43.4 Å². The molecule has 0 spiro atoms. The van der Waals surface area contributed by atoms with Gasteiger partial charge in [0.2, 0.25) is 0 Å². The standard InChI is InChI=1S/C16H19BrN2O2/c1-11-5-4-6-13(19-11)10-18-9-12-7-14(17)16(21-3)15(8-12)20-2/h4-8,18H,9-10H2,1-3H3. The van der Waals surface area contributed by atoms with Gasteiger partial charge >= 0.3 is 0 Å².